The summed E-state index contributed by atoms with van der Waals surface area (Å²) >= 11 is 5.84. The van der Waals surface area contributed by atoms with E-state index in [9.17, 15) is 4.79 Å². The fraction of sp³-hybridized carbons (Fsp3) is 0.111. The van der Waals surface area contributed by atoms with Gasteiger partial charge < -0.3 is 9.72 Å². The number of rotatable bonds is 1. The van der Waals surface area contributed by atoms with Gasteiger partial charge in [-0.25, -0.2) is 9.78 Å². The van der Waals surface area contributed by atoms with Crippen LogP contribution in [-0.4, -0.2) is 23.0 Å². The molecule has 1 N–H and O–H groups in total. The van der Waals surface area contributed by atoms with Crippen LogP contribution in [0.4, 0.5) is 0 Å². The number of aromatic amines is 1. The number of nitrogens with one attached hydrogen (secondary N) is 1. The van der Waals surface area contributed by atoms with E-state index in [0.29, 0.717) is 16.6 Å². The first kappa shape index (κ1) is 9.02. The molecule has 72 valence electrons. The van der Waals surface area contributed by atoms with Gasteiger partial charge in [-0.3, -0.25) is 0 Å². The maximum Gasteiger partial charge on any atom is 0.341 e. The lowest BCUT2D eigenvalue weighted by molar-refractivity contribution is 0.0603. The summed E-state index contributed by atoms with van der Waals surface area (Å²) in [4.78, 5) is 18.2. The van der Waals surface area contributed by atoms with E-state index in [4.69, 9.17) is 11.6 Å². The number of nitrogens with zero attached hydrogens (tertiary/aromatic N) is 1. The lowest BCUT2D eigenvalue weighted by atomic mass is 10.2. The van der Waals surface area contributed by atoms with Crippen LogP contribution >= 0.6 is 11.6 Å². The van der Waals surface area contributed by atoms with Crippen LogP contribution in [0.25, 0.3) is 11.0 Å². The molecule has 0 saturated heterocycles. The van der Waals surface area contributed by atoms with Crippen LogP contribution < -0.4 is 0 Å². The number of fused-ring (bicyclic) bond motifs is 1. The number of hydrogen-bond donors (Lipinski definition) is 1. The van der Waals surface area contributed by atoms with Gasteiger partial charge in [0, 0.05) is 11.6 Å². The molecule has 4 nitrogen and oxygen atoms in total. The molecule has 0 aliphatic rings. The molecule has 0 radical (unpaired) electrons. The van der Waals surface area contributed by atoms with Gasteiger partial charge in [0.2, 0.25) is 0 Å². The molecule has 2 heterocycles. The van der Waals surface area contributed by atoms with Gasteiger partial charge in [0.15, 0.2) is 0 Å². The number of esters is 1. The minimum atomic E-state index is -0.464. The van der Waals surface area contributed by atoms with E-state index in [-0.39, 0.29) is 5.15 Å². The number of hydrogen-bond acceptors (Lipinski definition) is 3. The quantitative estimate of drug-likeness (QED) is 0.733. The third kappa shape index (κ3) is 1.24. The number of methoxy groups -OCH3 is 1. The topological polar surface area (TPSA) is 55.0 Å². The SMILES string of the molecule is COC(=O)c1c(Cl)[nH]c2ncccc12. The zero-order valence-electron chi connectivity index (χ0n) is 7.37. The summed E-state index contributed by atoms with van der Waals surface area (Å²) in [6.45, 7) is 0. The molecular formula is C9H7ClN2O2. The van der Waals surface area contributed by atoms with Gasteiger partial charge in [-0.15, -0.1) is 0 Å². The molecule has 0 aliphatic heterocycles. The van der Waals surface area contributed by atoms with Crippen molar-refractivity contribution in [2.75, 3.05) is 7.11 Å². The molecule has 0 aromatic carbocycles. The molecule has 0 fully saturated rings. The van der Waals surface area contributed by atoms with Crippen molar-refractivity contribution in [3.05, 3.63) is 29.0 Å². The molecule has 0 unspecified atom stereocenters. The number of carbonyl (C=O) groups is 1. The number of ether oxygens (including phenoxy) is 1. The molecule has 2 aromatic rings. The van der Waals surface area contributed by atoms with Gasteiger partial charge in [0.25, 0.3) is 0 Å². The van der Waals surface area contributed by atoms with E-state index in [1.807, 2.05) is 0 Å². The lowest BCUT2D eigenvalue weighted by Gasteiger charge is -1.96. The minimum absolute atomic E-state index is 0.255. The Morgan fingerprint density at radius 2 is 2.43 bits per heavy atom. The van der Waals surface area contributed by atoms with Crippen molar-refractivity contribution in [1.82, 2.24) is 9.97 Å². The molecule has 0 amide bonds. The fourth-order valence-corrected chi connectivity index (χ4v) is 1.56. The summed E-state index contributed by atoms with van der Waals surface area (Å²) in [5, 5.41) is 0.926. The normalized spacial score (nSPS) is 10.4. The molecule has 0 atom stereocenters. The molecule has 0 aliphatic carbocycles. The molecule has 5 heteroatoms. The number of pyridine rings is 1. The molecule has 0 spiro atoms. The van der Waals surface area contributed by atoms with Crippen molar-refractivity contribution in [3.8, 4) is 0 Å². The summed E-state index contributed by atoms with van der Waals surface area (Å²) < 4.78 is 4.61. The van der Waals surface area contributed by atoms with Crippen LogP contribution in [-0.2, 0) is 4.74 Å². The van der Waals surface area contributed by atoms with Crippen LogP contribution in [0, 0.1) is 0 Å². The molecular weight excluding hydrogens is 204 g/mol. The summed E-state index contributed by atoms with van der Waals surface area (Å²) in [5.41, 5.74) is 0.912. The molecule has 0 saturated carbocycles. The zero-order chi connectivity index (χ0) is 10.1. The third-order valence-electron chi connectivity index (χ3n) is 1.91. The van der Waals surface area contributed by atoms with Crippen molar-refractivity contribution in [2.45, 2.75) is 0 Å². The Kier molecular flexibility index (Phi) is 2.13. The van der Waals surface area contributed by atoms with Gasteiger partial charge in [0.1, 0.15) is 16.4 Å². The highest BCUT2D eigenvalue weighted by Crippen LogP contribution is 2.24. The van der Waals surface area contributed by atoms with Crippen molar-refractivity contribution in [1.29, 1.82) is 0 Å². The van der Waals surface area contributed by atoms with Crippen molar-refractivity contribution in [2.24, 2.45) is 0 Å². The van der Waals surface area contributed by atoms with Crippen LogP contribution in [0.3, 0.4) is 0 Å². The van der Waals surface area contributed by atoms with Gasteiger partial charge in [0.05, 0.1) is 7.11 Å². The van der Waals surface area contributed by atoms with Gasteiger partial charge in [-0.1, -0.05) is 11.6 Å². The standard InChI is InChI=1S/C9H7ClN2O2/c1-14-9(13)6-5-3-2-4-11-8(5)12-7(6)10/h2-4H,1H3,(H,11,12). The lowest BCUT2D eigenvalue weighted by Crippen LogP contribution is -2.00. The van der Waals surface area contributed by atoms with Crippen LogP contribution in [0.1, 0.15) is 10.4 Å². The van der Waals surface area contributed by atoms with Crippen molar-refractivity contribution < 1.29 is 9.53 Å². The maximum absolute atomic E-state index is 11.4. The smallest absolute Gasteiger partial charge is 0.341 e. The summed E-state index contributed by atoms with van der Waals surface area (Å²) in [5.74, 6) is -0.464. The summed E-state index contributed by atoms with van der Waals surface area (Å²) in [6.07, 6.45) is 1.62. The van der Waals surface area contributed by atoms with E-state index in [1.165, 1.54) is 7.11 Å². The summed E-state index contributed by atoms with van der Waals surface area (Å²) in [6, 6.07) is 3.50. The first-order valence-electron chi connectivity index (χ1n) is 3.94. The second-order valence-corrected chi connectivity index (χ2v) is 3.08. The monoisotopic (exact) mass is 210 g/mol. The highest BCUT2D eigenvalue weighted by atomic mass is 35.5. The predicted octanol–water partition coefficient (Wildman–Crippen LogP) is 2.00. The number of aromatic nitrogens is 2. The first-order valence-corrected chi connectivity index (χ1v) is 4.32. The van der Waals surface area contributed by atoms with Crippen LogP contribution in [0.5, 0.6) is 0 Å². The van der Waals surface area contributed by atoms with Crippen molar-refractivity contribution in [3.63, 3.8) is 0 Å². The third-order valence-corrected chi connectivity index (χ3v) is 2.20. The van der Waals surface area contributed by atoms with E-state index >= 15 is 0 Å². The molecule has 14 heavy (non-hydrogen) atoms. The fourth-order valence-electron chi connectivity index (χ4n) is 1.29. The second-order valence-electron chi connectivity index (χ2n) is 2.71. The molecule has 2 aromatic heterocycles. The van der Waals surface area contributed by atoms with Crippen LogP contribution in [0.15, 0.2) is 18.3 Å². The Labute approximate surface area is 84.9 Å². The first-order chi connectivity index (χ1) is 6.74. The number of halogens is 1. The van der Waals surface area contributed by atoms with E-state index in [0.717, 1.165) is 0 Å². The van der Waals surface area contributed by atoms with Crippen LogP contribution in [0.2, 0.25) is 5.15 Å². The Balaban J connectivity index is 2.74. The average Bonchev–Trinajstić information content (AvgIpc) is 2.53. The van der Waals surface area contributed by atoms with Gasteiger partial charge >= 0.3 is 5.97 Å². The maximum atomic E-state index is 11.4. The Morgan fingerprint density at radius 1 is 1.64 bits per heavy atom. The predicted molar refractivity (Wildman–Crippen MR) is 52.4 cm³/mol. The minimum Gasteiger partial charge on any atom is -0.465 e. The van der Waals surface area contributed by atoms with E-state index < -0.39 is 5.97 Å². The summed E-state index contributed by atoms with van der Waals surface area (Å²) in [7, 11) is 1.31. The largest absolute Gasteiger partial charge is 0.465 e. The number of H-pyrrole nitrogens is 1. The van der Waals surface area contributed by atoms with Crippen molar-refractivity contribution >= 4 is 28.6 Å². The average molecular weight is 211 g/mol. The Hall–Kier alpha value is -1.55. The van der Waals surface area contributed by atoms with Gasteiger partial charge in [-0.2, -0.15) is 0 Å². The molecule has 2 rings (SSSR count). The Bertz CT molecular complexity index is 493. The zero-order valence-corrected chi connectivity index (χ0v) is 8.13. The van der Waals surface area contributed by atoms with E-state index in [1.54, 1.807) is 18.3 Å². The number of carbonyl (C=O) groups excluding carboxylic acids is 1. The van der Waals surface area contributed by atoms with Gasteiger partial charge in [-0.05, 0) is 12.1 Å². The highest BCUT2D eigenvalue weighted by molar-refractivity contribution is 6.34. The Morgan fingerprint density at radius 3 is 3.14 bits per heavy atom. The van der Waals surface area contributed by atoms with E-state index in [2.05, 4.69) is 14.7 Å². The second kappa shape index (κ2) is 3.31. The molecule has 0 bridgehead atoms. The highest BCUT2D eigenvalue weighted by Gasteiger charge is 2.17.